The highest BCUT2D eigenvalue weighted by Crippen LogP contribution is 2.28. The quantitative estimate of drug-likeness (QED) is 0.809. The number of ether oxygens (including phenoxy) is 1. The van der Waals surface area contributed by atoms with Crippen LogP contribution in [0.5, 0.6) is 5.75 Å². The van der Waals surface area contributed by atoms with Crippen molar-refractivity contribution in [2.24, 2.45) is 5.73 Å². The van der Waals surface area contributed by atoms with E-state index in [1.54, 1.807) is 17.0 Å². The SMILES string of the molecule is CCCOc1ccccc1C(=O)N1CCC[C@H](c2nccn2CC(N)=O)C1. The second-order valence-corrected chi connectivity index (χ2v) is 6.81. The Bertz CT molecular complexity index is 802. The van der Waals surface area contributed by atoms with Gasteiger partial charge in [0.15, 0.2) is 0 Å². The van der Waals surface area contributed by atoms with Crippen LogP contribution in [-0.2, 0) is 11.3 Å². The fraction of sp³-hybridized carbons (Fsp3) is 0.450. The number of benzene rings is 1. The van der Waals surface area contributed by atoms with Gasteiger partial charge in [0.2, 0.25) is 5.91 Å². The van der Waals surface area contributed by atoms with E-state index in [4.69, 9.17) is 10.5 Å². The molecule has 0 spiro atoms. The lowest BCUT2D eigenvalue weighted by Crippen LogP contribution is -2.40. The number of nitrogens with two attached hydrogens (primary N) is 1. The second-order valence-electron chi connectivity index (χ2n) is 6.81. The summed E-state index contributed by atoms with van der Waals surface area (Å²) in [5, 5.41) is 0. The molecule has 1 fully saturated rings. The van der Waals surface area contributed by atoms with Crippen LogP contribution in [0.1, 0.15) is 48.3 Å². The van der Waals surface area contributed by atoms with E-state index in [1.165, 1.54) is 0 Å². The zero-order valence-electron chi connectivity index (χ0n) is 15.6. The zero-order chi connectivity index (χ0) is 19.2. The Hall–Kier alpha value is -2.83. The normalized spacial score (nSPS) is 16.9. The van der Waals surface area contributed by atoms with E-state index >= 15 is 0 Å². The van der Waals surface area contributed by atoms with Crippen LogP contribution in [0.4, 0.5) is 0 Å². The number of para-hydroxylation sites is 1. The number of primary amides is 1. The van der Waals surface area contributed by atoms with Gasteiger partial charge in [-0.3, -0.25) is 9.59 Å². The van der Waals surface area contributed by atoms with Crippen LogP contribution >= 0.6 is 0 Å². The predicted molar refractivity (Wildman–Crippen MR) is 102 cm³/mol. The first-order valence-electron chi connectivity index (χ1n) is 9.40. The van der Waals surface area contributed by atoms with E-state index in [2.05, 4.69) is 4.98 Å². The molecule has 1 atom stereocenters. The number of hydrogen-bond acceptors (Lipinski definition) is 4. The van der Waals surface area contributed by atoms with Crippen molar-refractivity contribution in [1.29, 1.82) is 0 Å². The Morgan fingerprint density at radius 1 is 1.33 bits per heavy atom. The smallest absolute Gasteiger partial charge is 0.257 e. The van der Waals surface area contributed by atoms with E-state index in [0.717, 1.165) is 25.1 Å². The third kappa shape index (κ3) is 4.48. The molecule has 2 N–H and O–H groups in total. The summed E-state index contributed by atoms with van der Waals surface area (Å²) in [7, 11) is 0. The van der Waals surface area contributed by atoms with Gasteiger partial charge in [-0.15, -0.1) is 0 Å². The number of carbonyl (C=O) groups excluding carboxylic acids is 2. The molecule has 144 valence electrons. The number of amides is 2. The number of hydrogen-bond donors (Lipinski definition) is 1. The van der Waals surface area contributed by atoms with E-state index in [-0.39, 0.29) is 18.4 Å². The standard InChI is InChI=1S/C20H26N4O3/c1-2-12-27-17-8-4-3-7-16(17)20(26)24-10-5-6-15(13-24)19-22-9-11-23(19)14-18(21)25/h3-4,7-9,11,15H,2,5-6,10,12-14H2,1H3,(H2,21,25)/t15-/m0/s1. The molecule has 0 bridgehead atoms. The van der Waals surface area contributed by atoms with Crippen LogP contribution < -0.4 is 10.5 Å². The lowest BCUT2D eigenvalue weighted by molar-refractivity contribution is -0.118. The Balaban J connectivity index is 1.76. The first kappa shape index (κ1) is 18.9. The van der Waals surface area contributed by atoms with Gasteiger partial charge in [-0.1, -0.05) is 19.1 Å². The van der Waals surface area contributed by atoms with Gasteiger partial charge >= 0.3 is 0 Å². The molecule has 7 heteroatoms. The molecule has 2 aromatic rings. The number of aromatic nitrogens is 2. The van der Waals surface area contributed by atoms with Crippen molar-refractivity contribution in [1.82, 2.24) is 14.5 Å². The van der Waals surface area contributed by atoms with Crippen LogP contribution in [0.2, 0.25) is 0 Å². The number of nitrogens with zero attached hydrogens (tertiary/aromatic N) is 3. The topological polar surface area (TPSA) is 90.4 Å². The Labute approximate surface area is 159 Å². The summed E-state index contributed by atoms with van der Waals surface area (Å²) in [4.78, 5) is 30.6. The molecule has 0 radical (unpaired) electrons. The highest BCUT2D eigenvalue weighted by atomic mass is 16.5. The molecular formula is C20H26N4O3. The first-order valence-corrected chi connectivity index (χ1v) is 9.40. The van der Waals surface area contributed by atoms with Crippen molar-refractivity contribution < 1.29 is 14.3 Å². The first-order chi connectivity index (χ1) is 13.1. The average molecular weight is 370 g/mol. The van der Waals surface area contributed by atoms with Crippen LogP contribution in [0.25, 0.3) is 0 Å². The lowest BCUT2D eigenvalue weighted by Gasteiger charge is -2.33. The minimum Gasteiger partial charge on any atom is -0.493 e. The molecule has 3 rings (SSSR count). The van der Waals surface area contributed by atoms with Gasteiger partial charge in [0.1, 0.15) is 18.1 Å². The van der Waals surface area contributed by atoms with Gasteiger partial charge in [-0.25, -0.2) is 4.98 Å². The molecule has 1 aliphatic heterocycles. The fourth-order valence-corrected chi connectivity index (χ4v) is 3.51. The van der Waals surface area contributed by atoms with Crippen molar-refractivity contribution in [2.75, 3.05) is 19.7 Å². The average Bonchev–Trinajstić information content (AvgIpc) is 3.13. The summed E-state index contributed by atoms with van der Waals surface area (Å²) in [6.45, 7) is 3.99. The van der Waals surface area contributed by atoms with Gasteiger partial charge in [0.25, 0.3) is 5.91 Å². The summed E-state index contributed by atoms with van der Waals surface area (Å²) < 4.78 is 7.52. The summed E-state index contributed by atoms with van der Waals surface area (Å²) in [5.74, 6) is 1.09. The van der Waals surface area contributed by atoms with Crippen LogP contribution in [0.3, 0.4) is 0 Å². The van der Waals surface area contributed by atoms with Gasteiger partial charge in [-0.2, -0.15) is 0 Å². The number of imidazole rings is 1. The van der Waals surface area contributed by atoms with Crippen molar-refractivity contribution in [3.8, 4) is 5.75 Å². The fourth-order valence-electron chi connectivity index (χ4n) is 3.51. The maximum Gasteiger partial charge on any atom is 0.257 e. The maximum atomic E-state index is 13.1. The minimum atomic E-state index is -0.403. The predicted octanol–water partition coefficient (Wildman–Crippen LogP) is 2.18. The van der Waals surface area contributed by atoms with Gasteiger partial charge in [0, 0.05) is 31.4 Å². The third-order valence-electron chi connectivity index (χ3n) is 4.73. The van der Waals surface area contributed by atoms with Gasteiger partial charge in [0.05, 0.1) is 12.2 Å². The number of carbonyl (C=O) groups is 2. The molecular weight excluding hydrogens is 344 g/mol. The summed E-state index contributed by atoms with van der Waals surface area (Å²) >= 11 is 0. The molecule has 2 amide bonds. The van der Waals surface area contributed by atoms with E-state index in [9.17, 15) is 9.59 Å². The summed E-state index contributed by atoms with van der Waals surface area (Å²) in [6, 6.07) is 7.38. The van der Waals surface area contributed by atoms with E-state index in [0.29, 0.717) is 31.0 Å². The molecule has 0 unspecified atom stereocenters. The van der Waals surface area contributed by atoms with Crippen LogP contribution in [-0.4, -0.2) is 46.0 Å². The van der Waals surface area contributed by atoms with Gasteiger partial charge in [-0.05, 0) is 31.4 Å². The molecule has 1 aliphatic rings. The molecule has 7 nitrogen and oxygen atoms in total. The molecule has 0 saturated carbocycles. The largest absolute Gasteiger partial charge is 0.493 e. The van der Waals surface area contributed by atoms with E-state index < -0.39 is 5.91 Å². The van der Waals surface area contributed by atoms with Crippen LogP contribution in [0.15, 0.2) is 36.7 Å². The summed E-state index contributed by atoms with van der Waals surface area (Å²) in [6.07, 6.45) is 6.13. The molecule has 1 saturated heterocycles. The number of rotatable bonds is 7. The minimum absolute atomic E-state index is 0.0283. The second kappa shape index (κ2) is 8.70. The highest BCUT2D eigenvalue weighted by molar-refractivity contribution is 5.97. The van der Waals surface area contributed by atoms with Crippen molar-refractivity contribution >= 4 is 11.8 Å². The van der Waals surface area contributed by atoms with Crippen molar-refractivity contribution in [2.45, 2.75) is 38.6 Å². The molecule has 2 heterocycles. The van der Waals surface area contributed by atoms with Gasteiger partial charge < -0.3 is 19.9 Å². The molecule has 0 aliphatic carbocycles. The Morgan fingerprint density at radius 3 is 2.93 bits per heavy atom. The highest BCUT2D eigenvalue weighted by Gasteiger charge is 2.29. The molecule has 1 aromatic heterocycles. The molecule has 27 heavy (non-hydrogen) atoms. The van der Waals surface area contributed by atoms with Crippen molar-refractivity contribution in [3.05, 3.63) is 48.0 Å². The van der Waals surface area contributed by atoms with E-state index in [1.807, 2.05) is 36.1 Å². The monoisotopic (exact) mass is 370 g/mol. The maximum absolute atomic E-state index is 13.1. The Kier molecular flexibility index (Phi) is 6.11. The third-order valence-corrected chi connectivity index (χ3v) is 4.73. The zero-order valence-corrected chi connectivity index (χ0v) is 15.6. The number of likely N-dealkylation sites (tertiary alicyclic amines) is 1. The molecule has 1 aromatic carbocycles. The number of piperidine rings is 1. The van der Waals surface area contributed by atoms with Crippen molar-refractivity contribution in [3.63, 3.8) is 0 Å². The summed E-state index contributed by atoms with van der Waals surface area (Å²) in [5.41, 5.74) is 5.91. The van der Waals surface area contributed by atoms with Crippen LogP contribution in [0, 0.1) is 0 Å². The Morgan fingerprint density at radius 2 is 2.15 bits per heavy atom. The lowest BCUT2D eigenvalue weighted by atomic mass is 9.96.